The van der Waals surface area contributed by atoms with E-state index in [9.17, 15) is 14.7 Å². The van der Waals surface area contributed by atoms with Crippen molar-refractivity contribution in [1.29, 1.82) is 0 Å². The van der Waals surface area contributed by atoms with Gasteiger partial charge >= 0.3 is 5.97 Å². The summed E-state index contributed by atoms with van der Waals surface area (Å²) in [5.74, 6) is -2.27. The Morgan fingerprint density at radius 1 is 1.21 bits per heavy atom. The van der Waals surface area contributed by atoms with Crippen LogP contribution < -0.4 is 5.32 Å². The third-order valence-corrected chi connectivity index (χ3v) is 5.45. The Hall–Kier alpha value is -3.30. The number of amides is 1. The molecule has 0 aliphatic heterocycles. The molecule has 1 amide bonds. The molecule has 0 atom stereocenters. The third kappa shape index (κ3) is 3.69. The standard InChI is InChI=1S/C19H13ClN4O4S/c20-11-4-5-12-10(6-11)2-1-3-14(12)29-15-7-13(25)17(18-22-9-23-24(15)18)19(28)21-8-16(26)27/h1-7,9,25H,8H2,(H,21,28)(H,26,27). The van der Waals surface area contributed by atoms with Crippen molar-refractivity contribution in [2.45, 2.75) is 9.92 Å². The molecule has 10 heteroatoms. The maximum absolute atomic E-state index is 12.3. The summed E-state index contributed by atoms with van der Waals surface area (Å²) in [5.41, 5.74) is -0.0172. The first kappa shape index (κ1) is 19.0. The summed E-state index contributed by atoms with van der Waals surface area (Å²) in [5, 5.41) is 28.7. The Bertz CT molecular complexity index is 1270. The molecule has 29 heavy (non-hydrogen) atoms. The zero-order chi connectivity index (χ0) is 20.5. The summed E-state index contributed by atoms with van der Waals surface area (Å²) in [4.78, 5) is 28.0. The minimum atomic E-state index is -1.20. The lowest BCUT2D eigenvalue weighted by atomic mass is 10.1. The second-order valence-corrected chi connectivity index (χ2v) is 7.54. The van der Waals surface area contributed by atoms with Gasteiger partial charge in [0, 0.05) is 16.0 Å². The Balaban J connectivity index is 1.77. The molecule has 0 aliphatic carbocycles. The van der Waals surface area contributed by atoms with Gasteiger partial charge < -0.3 is 15.5 Å². The first-order valence-electron chi connectivity index (χ1n) is 8.36. The number of hydrogen-bond acceptors (Lipinski definition) is 6. The molecule has 0 saturated heterocycles. The van der Waals surface area contributed by atoms with E-state index in [-0.39, 0.29) is 17.0 Å². The molecule has 0 fully saturated rings. The van der Waals surface area contributed by atoms with Gasteiger partial charge in [-0.25, -0.2) is 9.50 Å². The second-order valence-electron chi connectivity index (χ2n) is 6.04. The van der Waals surface area contributed by atoms with E-state index in [1.165, 1.54) is 28.7 Å². The van der Waals surface area contributed by atoms with Crippen molar-refractivity contribution < 1.29 is 19.8 Å². The molecular formula is C19H13ClN4O4S. The van der Waals surface area contributed by atoms with E-state index in [4.69, 9.17) is 16.7 Å². The average molecular weight is 429 g/mol. The highest BCUT2D eigenvalue weighted by Crippen LogP contribution is 2.37. The predicted molar refractivity (Wildman–Crippen MR) is 108 cm³/mol. The van der Waals surface area contributed by atoms with Crippen LogP contribution in [0.1, 0.15) is 10.4 Å². The molecule has 8 nitrogen and oxygen atoms in total. The van der Waals surface area contributed by atoms with Crippen LogP contribution in [0.4, 0.5) is 0 Å². The van der Waals surface area contributed by atoms with Crippen LogP contribution in [0.2, 0.25) is 5.02 Å². The molecule has 0 spiro atoms. The minimum absolute atomic E-state index is 0.124. The number of carbonyl (C=O) groups is 2. The van der Waals surface area contributed by atoms with Gasteiger partial charge in [0.15, 0.2) is 5.65 Å². The number of carboxylic acid groups (broad SMARTS) is 1. The van der Waals surface area contributed by atoms with Crippen LogP contribution in [0, 0.1) is 0 Å². The van der Waals surface area contributed by atoms with Crippen LogP contribution in [0.5, 0.6) is 5.75 Å². The molecule has 146 valence electrons. The third-order valence-electron chi connectivity index (χ3n) is 4.14. The van der Waals surface area contributed by atoms with Crippen LogP contribution in [0.3, 0.4) is 0 Å². The summed E-state index contributed by atoms with van der Waals surface area (Å²) in [6.45, 7) is -0.576. The fourth-order valence-electron chi connectivity index (χ4n) is 2.90. The molecule has 3 N–H and O–H groups in total. The van der Waals surface area contributed by atoms with Gasteiger partial charge in [0.2, 0.25) is 0 Å². The molecule has 4 rings (SSSR count). The van der Waals surface area contributed by atoms with Gasteiger partial charge in [-0.3, -0.25) is 9.59 Å². The van der Waals surface area contributed by atoms with Crippen LogP contribution in [-0.2, 0) is 4.79 Å². The van der Waals surface area contributed by atoms with Gasteiger partial charge in [-0.05, 0) is 29.0 Å². The molecule has 0 unspecified atom stereocenters. The smallest absolute Gasteiger partial charge is 0.322 e. The van der Waals surface area contributed by atoms with Crippen LogP contribution in [0.15, 0.2) is 58.7 Å². The van der Waals surface area contributed by atoms with Crippen LogP contribution in [0.25, 0.3) is 16.4 Å². The number of pyridine rings is 1. The Morgan fingerprint density at radius 2 is 2.03 bits per heavy atom. The number of rotatable bonds is 5. The minimum Gasteiger partial charge on any atom is -0.507 e. The zero-order valence-corrected chi connectivity index (χ0v) is 16.2. The molecule has 2 aromatic heterocycles. The van der Waals surface area contributed by atoms with Crippen molar-refractivity contribution in [2.24, 2.45) is 0 Å². The lowest BCUT2D eigenvalue weighted by Crippen LogP contribution is -2.29. The molecule has 0 aliphatic rings. The van der Waals surface area contributed by atoms with Gasteiger partial charge in [-0.2, -0.15) is 5.10 Å². The number of benzene rings is 2. The molecule has 0 saturated carbocycles. The quantitative estimate of drug-likeness (QED) is 0.446. The van der Waals surface area contributed by atoms with Gasteiger partial charge in [-0.15, -0.1) is 0 Å². The topological polar surface area (TPSA) is 117 Å². The lowest BCUT2D eigenvalue weighted by molar-refractivity contribution is -0.135. The van der Waals surface area contributed by atoms with Crippen LogP contribution in [-0.4, -0.2) is 43.2 Å². The second kappa shape index (κ2) is 7.61. The van der Waals surface area contributed by atoms with Gasteiger partial charge in [0.25, 0.3) is 5.91 Å². The first-order valence-corrected chi connectivity index (χ1v) is 9.55. The maximum atomic E-state index is 12.3. The molecule has 2 heterocycles. The van der Waals surface area contributed by atoms with Crippen molar-refractivity contribution >= 4 is 51.7 Å². The Kier molecular flexibility index (Phi) is 4.99. The number of carbonyl (C=O) groups excluding carboxylic acids is 1. The number of aromatic nitrogens is 3. The summed E-state index contributed by atoms with van der Waals surface area (Å²) in [7, 11) is 0. The highest BCUT2D eigenvalue weighted by Gasteiger charge is 2.21. The maximum Gasteiger partial charge on any atom is 0.322 e. The SMILES string of the molecule is O=C(O)CNC(=O)c1c(O)cc(Sc2cccc3cc(Cl)ccc23)n2ncnc12. The van der Waals surface area contributed by atoms with E-state index in [1.807, 2.05) is 30.3 Å². The van der Waals surface area contributed by atoms with E-state index in [1.54, 1.807) is 6.07 Å². The lowest BCUT2D eigenvalue weighted by Gasteiger charge is -2.11. The van der Waals surface area contributed by atoms with Crippen LogP contribution >= 0.6 is 23.4 Å². The number of fused-ring (bicyclic) bond motifs is 2. The van der Waals surface area contributed by atoms with Crippen molar-refractivity contribution in [3.8, 4) is 5.75 Å². The van der Waals surface area contributed by atoms with Crippen molar-refractivity contribution in [2.75, 3.05) is 6.54 Å². The first-order chi connectivity index (χ1) is 13.9. The number of hydrogen-bond donors (Lipinski definition) is 3. The summed E-state index contributed by atoms with van der Waals surface area (Å²) in [6.07, 6.45) is 1.26. The van der Waals surface area contributed by atoms with Crippen molar-refractivity contribution in [3.05, 3.63) is 59.4 Å². The van der Waals surface area contributed by atoms with E-state index < -0.39 is 18.4 Å². The molecule has 0 radical (unpaired) electrons. The van der Waals surface area contributed by atoms with Crippen molar-refractivity contribution in [1.82, 2.24) is 19.9 Å². The highest BCUT2D eigenvalue weighted by molar-refractivity contribution is 7.99. The normalized spacial score (nSPS) is 11.1. The zero-order valence-electron chi connectivity index (χ0n) is 14.7. The number of aliphatic carboxylic acids is 1. The van der Waals surface area contributed by atoms with Gasteiger partial charge in [0.1, 0.15) is 29.2 Å². The van der Waals surface area contributed by atoms with E-state index >= 15 is 0 Å². The number of nitrogens with one attached hydrogen (secondary N) is 1. The van der Waals surface area contributed by atoms with E-state index in [0.29, 0.717) is 10.0 Å². The molecule has 0 bridgehead atoms. The summed E-state index contributed by atoms with van der Waals surface area (Å²) >= 11 is 7.41. The Labute approximate surface area is 173 Å². The fourth-order valence-corrected chi connectivity index (χ4v) is 4.14. The number of halogens is 1. The fraction of sp³-hybridized carbons (Fsp3) is 0.0526. The van der Waals surface area contributed by atoms with Gasteiger partial charge in [-0.1, -0.05) is 41.6 Å². The molecular weight excluding hydrogens is 416 g/mol. The summed E-state index contributed by atoms with van der Waals surface area (Å²) < 4.78 is 1.43. The van der Waals surface area contributed by atoms with Gasteiger partial charge in [0.05, 0.1) is 0 Å². The van der Waals surface area contributed by atoms with E-state index in [0.717, 1.165) is 15.7 Å². The van der Waals surface area contributed by atoms with E-state index in [2.05, 4.69) is 15.4 Å². The number of carboxylic acids is 1. The monoisotopic (exact) mass is 428 g/mol. The summed E-state index contributed by atoms with van der Waals surface area (Å²) in [6, 6.07) is 12.7. The number of aromatic hydroxyl groups is 1. The molecule has 4 aromatic rings. The highest BCUT2D eigenvalue weighted by atomic mass is 35.5. The predicted octanol–water partition coefficient (Wildman–Crippen LogP) is 3.21. The Morgan fingerprint density at radius 3 is 2.83 bits per heavy atom. The van der Waals surface area contributed by atoms with Crippen molar-refractivity contribution in [3.63, 3.8) is 0 Å². The average Bonchev–Trinajstić information content (AvgIpc) is 3.16. The number of nitrogens with zero attached hydrogens (tertiary/aromatic N) is 3. The largest absolute Gasteiger partial charge is 0.507 e. The molecule has 2 aromatic carbocycles.